The smallest absolute Gasteiger partial charge is 0.290 e. The van der Waals surface area contributed by atoms with Gasteiger partial charge in [-0.3, -0.25) is 9.59 Å². The van der Waals surface area contributed by atoms with Crippen molar-refractivity contribution in [3.8, 4) is 5.75 Å². The van der Waals surface area contributed by atoms with Crippen LogP contribution in [0.3, 0.4) is 0 Å². The lowest BCUT2D eigenvalue weighted by Gasteiger charge is -2.28. The van der Waals surface area contributed by atoms with Gasteiger partial charge in [-0.25, -0.2) is 0 Å². The van der Waals surface area contributed by atoms with E-state index in [1.165, 1.54) is 6.08 Å². The molecule has 1 atom stereocenters. The highest BCUT2D eigenvalue weighted by molar-refractivity contribution is 6.14. The lowest BCUT2D eigenvalue weighted by Crippen LogP contribution is -2.34. The number of carbonyl (C=O) groups excluding carboxylic acids is 2. The number of benzene rings is 2. The van der Waals surface area contributed by atoms with E-state index in [1.54, 1.807) is 18.1 Å². The summed E-state index contributed by atoms with van der Waals surface area (Å²) in [5.41, 5.74) is 1.69. The highest BCUT2D eigenvalue weighted by atomic mass is 16.5. The fourth-order valence-corrected chi connectivity index (χ4v) is 4.12. The van der Waals surface area contributed by atoms with Gasteiger partial charge >= 0.3 is 0 Å². The molecule has 2 aromatic carbocycles. The number of carbonyl (C=O) groups is 2. The van der Waals surface area contributed by atoms with Gasteiger partial charge in [0.15, 0.2) is 11.5 Å². The van der Waals surface area contributed by atoms with E-state index < -0.39 is 17.7 Å². The molecule has 0 aliphatic carbocycles. The predicted octanol–water partition coefficient (Wildman–Crippen LogP) is 4.41. The lowest BCUT2D eigenvalue weighted by atomic mass is 9.95. The Kier molecular flexibility index (Phi) is 8.44. The Morgan fingerprint density at radius 3 is 2.52 bits per heavy atom. The van der Waals surface area contributed by atoms with E-state index in [0.717, 1.165) is 37.2 Å². The third-order valence-electron chi connectivity index (χ3n) is 5.97. The Balaban J connectivity index is 1.92. The topological polar surface area (TPSA) is 70.1 Å². The first-order valence-corrected chi connectivity index (χ1v) is 11.4. The molecular weight excluding hydrogens is 416 g/mol. The van der Waals surface area contributed by atoms with Crippen LogP contribution in [0.15, 0.2) is 72.0 Å². The number of rotatable bonds is 11. The molecule has 1 heterocycles. The van der Waals surface area contributed by atoms with Crippen LogP contribution >= 0.6 is 0 Å². The molecule has 6 heteroatoms. The largest absolute Gasteiger partial charge is 0.503 e. The maximum absolute atomic E-state index is 13.2. The number of amides is 1. The molecule has 1 unspecified atom stereocenters. The van der Waals surface area contributed by atoms with Crippen molar-refractivity contribution >= 4 is 17.8 Å². The van der Waals surface area contributed by atoms with Crippen molar-refractivity contribution in [2.75, 3.05) is 33.3 Å². The number of nitrogens with zero attached hydrogens (tertiary/aromatic N) is 2. The van der Waals surface area contributed by atoms with Crippen molar-refractivity contribution in [2.45, 2.75) is 26.3 Å². The second-order valence-corrected chi connectivity index (χ2v) is 7.93. The van der Waals surface area contributed by atoms with Crippen molar-refractivity contribution in [3.63, 3.8) is 0 Å². The molecule has 1 N–H and O–H groups in total. The van der Waals surface area contributed by atoms with Crippen molar-refractivity contribution in [1.82, 2.24) is 9.80 Å². The number of hydrogen-bond donors (Lipinski definition) is 1. The summed E-state index contributed by atoms with van der Waals surface area (Å²) in [6, 6.07) is 16.1. The molecule has 1 amide bonds. The minimum absolute atomic E-state index is 0.100. The molecule has 0 spiro atoms. The third-order valence-corrected chi connectivity index (χ3v) is 5.97. The predicted molar refractivity (Wildman–Crippen MR) is 130 cm³/mol. The zero-order chi connectivity index (χ0) is 23.8. The van der Waals surface area contributed by atoms with E-state index in [9.17, 15) is 14.7 Å². The summed E-state index contributed by atoms with van der Waals surface area (Å²) < 4.78 is 5.36. The number of allylic oxidation sites excluding steroid dienone is 1. The number of aliphatic hydroxyl groups excluding tert-OH is 1. The zero-order valence-electron chi connectivity index (χ0n) is 19.5. The summed E-state index contributed by atoms with van der Waals surface area (Å²) in [5.74, 6) is -0.753. The summed E-state index contributed by atoms with van der Waals surface area (Å²) in [7, 11) is 1.57. The van der Waals surface area contributed by atoms with E-state index >= 15 is 0 Å². The van der Waals surface area contributed by atoms with Gasteiger partial charge in [0.25, 0.3) is 5.91 Å². The van der Waals surface area contributed by atoms with Gasteiger partial charge in [0.1, 0.15) is 5.75 Å². The molecule has 0 aromatic heterocycles. The molecule has 0 fully saturated rings. The van der Waals surface area contributed by atoms with E-state index in [4.69, 9.17) is 4.74 Å². The number of methoxy groups -OCH3 is 1. The molecular formula is C27H32N2O4. The Labute approximate surface area is 195 Å². The summed E-state index contributed by atoms with van der Waals surface area (Å²) in [6.07, 6.45) is 3.85. The Morgan fingerprint density at radius 2 is 1.85 bits per heavy atom. The van der Waals surface area contributed by atoms with Crippen molar-refractivity contribution in [2.24, 2.45) is 0 Å². The van der Waals surface area contributed by atoms with Crippen LogP contribution in [-0.4, -0.2) is 59.9 Å². The Morgan fingerprint density at radius 1 is 1.12 bits per heavy atom. The Bertz CT molecular complexity index is 1030. The van der Waals surface area contributed by atoms with Gasteiger partial charge < -0.3 is 19.6 Å². The van der Waals surface area contributed by atoms with Crippen LogP contribution in [0.2, 0.25) is 0 Å². The average molecular weight is 449 g/mol. The van der Waals surface area contributed by atoms with Crippen molar-refractivity contribution in [1.29, 1.82) is 0 Å². The van der Waals surface area contributed by atoms with Gasteiger partial charge in [-0.15, -0.1) is 0 Å². The van der Waals surface area contributed by atoms with Crippen LogP contribution in [0.5, 0.6) is 5.75 Å². The first-order chi connectivity index (χ1) is 16.0. The highest BCUT2D eigenvalue weighted by Crippen LogP contribution is 2.39. The van der Waals surface area contributed by atoms with E-state index in [2.05, 4.69) is 18.7 Å². The minimum atomic E-state index is -0.669. The minimum Gasteiger partial charge on any atom is -0.503 e. The van der Waals surface area contributed by atoms with Gasteiger partial charge in [-0.1, -0.05) is 62.4 Å². The standard InChI is InChI=1S/C27H32N2O4/c1-4-28(5-2)17-10-18-29-25(21-13-9-14-22(19-21)33-3)24(26(31)27(29)32)23(30)16-15-20-11-7-6-8-12-20/h6-9,11-16,19,25,31H,4-5,10,17-18H2,1-3H3. The average Bonchev–Trinajstić information content (AvgIpc) is 3.11. The summed E-state index contributed by atoms with van der Waals surface area (Å²) >= 11 is 0. The Hall–Kier alpha value is -3.38. The molecule has 174 valence electrons. The molecule has 0 saturated heterocycles. The molecule has 3 rings (SSSR count). The molecule has 33 heavy (non-hydrogen) atoms. The molecule has 0 radical (unpaired) electrons. The summed E-state index contributed by atoms with van der Waals surface area (Å²) in [5, 5.41) is 10.7. The van der Waals surface area contributed by atoms with Crippen LogP contribution in [0, 0.1) is 0 Å². The van der Waals surface area contributed by atoms with Crippen LogP contribution in [-0.2, 0) is 9.59 Å². The van der Waals surface area contributed by atoms with Gasteiger partial charge in [0, 0.05) is 6.54 Å². The van der Waals surface area contributed by atoms with Gasteiger partial charge in [0.05, 0.1) is 18.7 Å². The molecule has 1 aliphatic rings. The first kappa shape index (κ1) is 24.3. The molecule has 6 nitrogen and oxygen atoms in total. The monoisotopic (exact) mass is 448 g/mol. The number of ether oxygens (including phenoxy) is 1. The number of hydrogen-bond acceptors (Lipinski definition) is 5. The number of aliphatic hydroxyl groups is 1. The second kappa shape index (κ2) is 11.5. The third kappa shape index (κ3) is 5.71. The highest BCUT2D eigenvalue weighted by Gasteiger charge is 2.42. The SMILES string of the molecule is CCN(CC)CCCN1C(=O)C(O)=C(C(=O)C=Cc2ccccc2)C1c1cccc(OC)c1. The van der Waals surface area contributed by atoms with Gasteiger partial charge in [-0.2, -0.15) is 0 Å². The molecule has 0 saturated carbocycles. The zero-order valence-corrected chi connectivity index (χ0v) is 19.5. The molecule has 0 bridgehead atoms. The van der Waals surface area contributed by atoms with Crippen LogP contribution in [0.1, 0.15) is 37.4 Å². The van der Waals surface area contributed by atoms with Crippen LogP contribution in [0.4, 0.5) is 0 Å². The quantitative estimate of drug-likeness (QED) is 0.516. The summed E-state index contributed by atoms with van der Waals surface area (Å²) in [6.45, 7) is 7.34. The number of ketones is 1. The van der Waals surface area contributed by atoms with Crippen LogP contribution < -0.4 is 4.74 Å². The van der Waals surface area contributed by atoms with E-state index in [-0.39, 0.29) is 11.4 Å². The maximum Gasteiger partial charge on any atom is 0.290 e. The summed E-state index contributed by atoms with van der Waals surface area (Å²) in [4.78, 5) is 30.1. The molecule has 2 aromatic rings. The van der Waals surface area contributed by atoms with Crippen LogP contribution in [0.25, 0.3) is 6.08 Å². The lowest BCUT2D eigenvalue weighted by molar-refractivity contribution is -0.129. The van der Waals surface area contributed by atoms with E-state index in [1.807, 2.05) is 54.6 Å². The van der Waals surface area contributed by atoms with E-state index in [0.29, 0.717) is 12.3 Å². The fourth-order valence-electron chi connectivity index (χ4n) is 4.12. The fraction of sp³-hybridized carbons (Fsp3) is 0.333. The van der Waals surface area contributed by atoms with Crippen molar-refractivity contribution < 1.29 is 19.4 Å². The first-order valence-electron chi connectivity index (χ1n) is 11.4. The second-order valence-electron chi connectivity index (χ2n) is 7.93. The normalized spacial score (nSPS) is 16.3. The molecule has 1 aliphatic heterocycles. The maximum atomic E-state index is 13.2. The van der Waals surface area contributed by atoms with Gasteiger partial charge in [-0.05, 0) is 55.4 Å². The van der Waals surface area contributed by atoms with Gasteiger partial charge in [0.2, 0.25) is 0 Å². The van der Waals surface area contributed by atoms with Crippen molar-refractivity contribution in [3.05, 3.63) is 83.1 Å².